The number of hydrogen-bond acceptors (Lipinski definition) is 7. The molecular formula is C25H25F2N7O2. The van der Waals surface area contributed by atoms with Gasteiger partial charge in [0.1, 0.15) is 22.8 Å². The summed E-state index contributed by atoms with van der Waals surface area (Å²) in [5.74, 6) is -1.49. The van der Waals surface area contributed by atoms with E-state index in [1.54, 1.807) is 19.3 Å². The number of amides is 1. The van der Waals surface area contributed by atoms with Crippen LogP contribution >= 0.6 is 0 Å². The lowest BCUT2D eigenvalue weighted by Crippen LogP contribution is -2.30. The maximum Gasteiger partial charge on any atom is 0.274 e. The summed E-state index contributed by atoms with van der Waals surface area (Å²) in [7, 11) is 3.07. The van der Waals surface area contributed by atoms with Crippen molar-refractivity contribution in [3.63, 3.8) is 0 Å². The molecule has 3 heterocycles. The normalized spacial score (nSPS) is 17.6. The van der Waals surface area contributed by atoms with Crippen LogP contribution in [0.3, 0.4) is 0 Å². The van der Waals surface area contributed by atoms with Gasteiger partial charge >= 0.3 is 0 Å². The van der Waals surface area contributed by atoms with Gasteiger partial charge in [-0.15, -0.1) is 0 Å². The summed E-state index contributed by atoms with van der Waals surface area (Å²) >= 11 is 0. The molecule has 0 unspecified atom stereocenters. The average molecular weight is 494 g/mol. The molecule has 0 radical (unpaired) electrons. The molecule has 2 aromatic carbocycles. The maximum atomic E-state index is 15.1. The minimum absolute atomic E-state index is 0.00847. The molecule has 36 heavy (non-hydrogen) atoms. The lowest BCUT2D eigenvalue weighted by atomic mass is 10.1. The van der Waals surface area contributed by atoms with Gasteiger partial charge in [-0.3, -0.25) is 9.48 Å². The summed E-state index contributed by atoms with van der Waals surface area (Å²) in [6.45, 7) is 2.58. The molecule has 1 fully saturated rings. The van der Waals surface area contributed by atoms with Crippen molar-refractivity contribution in [2.45, 2.75) is 25.4 Å². The van der Waals surface area contributed by atoms with Gasteiger partial charge in [0, 0.05) is 43.3 Å². The molecule has 186 valence electrons. The fraction of sp³-hybridized carbons (Fsp3) is 0.280. The second-order valence-electron chi connectivity index (χ2n) is 8.82. The number of fused-ring (bicyclic) bond motifs is 1. The topological polar surface area (TPSA) is 111 Å². The zero-order valence-electron chi connectivity index (χ0n) is 20.0. The average Bonchev–Trinajstić information content (AvgIpc) is 3.40. The van der Waals surface area contributed by atoms with Gasteiger partial charge in [-0.25, -0.2) is 18.7 Å². The Labute approximate surface area is 205 Å². The third kappa shape index (κ3) is 4.01. The van der Waals surface area contributed by atoms with Crippen LogP contribution in [-0.2, 0) is 7.05 Å². The van der Waals surface area contributed by atoms with Crippen LogP contribution in [0.1, 0.15) is 23.8 Å². The first-order valence-electron chi connectivity index (χ1n) is 11.4. The van der Waals surface area contributed by atoms with Crippen LogP contribution in [-0.4, -0.2) is 51.4 Å². The number of hydrogen-bond donors (Lipinski definition) is 2. The van der Waals surface area contributed by atoms with Crippen LogP contribution in [0.2, 0.25) is 0 Å². The standard InChI is InChI=1S/C25H25F2N7O2/c1-13-9-14(28)12-34(13)23-15-11-30-33(2)22(15)17(27)10-19(23)32-25(35)18-7-8-29-24(31-18)21-16(26)5-4-6-20(21)36-3/h4-8,10-11,13-14H,9,12,28H2,1-3H3,(H,32,35)/t13-,14+/m1/s1. The van der Waals surface area contributed by atoms with E-state index in [0.29, 0.717) is 23.1 Å². The summed E-state index contributed by atoms with van der Waals surface area (Å²) in [4.78, 5) is 23.7. The Hall–Kier alpha value is -4.12. The zero-order chi connectivity index (χ0) is 25.6. The van der Waals surface area contributed by atoms with Crippen LogP contribution < -0.4 is 20.7 Å². The van der Waals surface area contributed by atoms with Gasteiger partial charge < -0.3 is 20.7 Å². The summed E-state index contributed by atoms with van der Waals surface area (Å²) in [6, 6.07) is 7.03. The van der Waals surface area contributed by atoms with E-state index in [2.05, 4.69) is 25.3 Å². The molecule has 1 aliphatic heterocycles. The summed E-state index contributed by atoms with van der Waals surface area (Å²) < 4.78 is 36.4. The van der Waals surface area contributed by atoms with Crippen molar-refractivity contribution in [2.75, 3.05) is 23.9 Å². The number of halogens is 2. The van der Waals surface area contributed by atoms with Crippen molar-refractivity contribution in [3.8, 4) is 17.1 Å². The second-order valence-corrected chi connectivity index (χ2v) is 8.82. The molecule has 0 bridgehead atoms. The number of aromatic nitrogens is 4. The molecule has 11 heteroatoms. The van der Waals surface area contributed by atoms with Crippen LogP contribution in [0.5, 0.6) is 5.75 Å². The fourth-order valence-electron chi connectivity index (χ4n) is 4.77. The Kier molecular flexibility index (Phi) is 6.00. The number of rotatable bonds is 5. The number of nitrogens with zero attached hydrogens (tertiary/aromatic N) is 5. The largest absolute Gasteiger partial charge is 0.496 e. The molecule has 3 N–H and O–H groups in total. The molecule has 5 rings (SSSR count). The Morgan fingerprint density at radius 3 is 2.78 bits per heavy atom. The van der Waals surface area contributed by atoms with Crippen LogP contribution in [0.25, 0.3) is 22.3 Å². The zero-order valence-corrected chi connectivity index (χ0v) is 20.0. The van der Waals surface area contributed by atoms with Crippen molar-refractivity contribution in [2.24, 2.45) is 12.8 Å². The molecule has 4 aromatic rings. The number of ether oxygens (including phenoxy) is 1. The van der Waals surface area contributed by atoms with Crippen molar-refractivity contribution in [1.29, 1.82) is 0 Å². The van der Waals surface area contributed by atoms with Gasteiger partial charge in [0.05, 0.1) is 30.2 Å². The van der Waals surface area contributed by atoms with E-state index in [0.717, 1.165) is 6.42 Å². The molecule has 0 aliphatic carbocycles. The SMILES string of the molecule is COc1cccc(F)c1-c1nccc(C(=O)Nc2cc(F)c3c(cnn3C)c2N2C[C@@H](N)C[C@H]2C)n1. The Morgan fingerprint density at radius 2 is 2.06 bits per heavy atom. The monoisotopic (exact) mass is 493 g/mol. The Bertz CT molecular complexity index is 1470. The third-order valence-corrected chi connectivity index (χ3v) is 6.40. The van der Waals surface area contributed by atoms with Gasteiger partial charge in [-0.1, -0.05) is 6.07 Å². The molecule has 2 atom stereocenters. The maximum absolute atomic E-state index is 15.1. The van der Waals surface area contributed by atoms with E-state index in [1.165, 1.54) is 42.3 Å². The number of anilines is 2. The van der Waals surface area contributed by atoms with Gasteiger partial charge in [0.15, 0.2) is 11.6 Å². The van der Waals surface area contributed by atoms with Crippen LogP contribution in [0.15, 0.2) is 42.7 Å². The van der Waals surface area contributed by atoms with Crippen molar-refractivity contribution < 1.29 is 18.3 Å². The molecule has 1 aliphatic rings. The number of methoxy groups -OCH3 is 1. The van der Waals surface area contributed by atoms with E-state index in [1.807, 2.05) is 6.92 Å². The Morgan fingerprint density at radius 1 is 1.25 bits per heavy atom. The van der Waals surface area contributed by atoms with Crippen LogP contribution in [0, 0.1) is 11.6 Å². The molecule has 2 aromatic heterocycles. The predicted octanol–water partition coefficient (Wildman–Crippen LogP) is 3.50. The highest BCUT2D eigenvalue weighted by atomic mass is 19.1. The van der Waals surface area contributed by atoms with E-state index in [-0.39, 0.29) is 40.6 Å². The van der Waals surface area contributed by atoms with E-state index < -0.39 is 17.5 Å². The number of aryl methyl sites for hydroxylation is 1. The first-order chi connectivity index (χ1) is 17.3. The quantitative estimate of drug-likeness (QED) is 0.438. The predicted molar refractivity (Wildman–Crippen MR) is 132 cm³/mol. The molecule has 0 spiro atoms. The molecular weight excluding hydrogens is 468 g/mol. The summed E-state index contributed by atoms with van der Waals surface area (Å²) in [5.41, 5.74) is 7.45. The number of benzene rings is 2. The summed E-state index contributed by atoms with van der Waals surface area (Å²) in [6.07, 6.45) is 3.69. The molecule has 1 saturated heterocycles. The van der Waals surface area contributed by atoms with Gasteiger partial charge in [-0.05, 0) is 31.5 Å². The van der Waals surface area contributed by atoms with Crippen molar-refractivity contribution in [1.82, 2.24) is 19.7 Å². The molecule has 0 saturated carbocycles. The number of carbonyl (C=O) groups excluding carboxylic acids is 1. The lowest BCUT2D eigenvalue weighted by molar-refractivity contribution is 0.102. The second kappa shape index (κ2) is 9.15. The minimum Gasteiger partial charge on any atom is -0.496 e. The Balaban J connectivity index is 1.56. The van der Waals surface area contributed by atoms with E-state index in [9.17, 15) is 9.18 Å². The van der Waals surface area contributed by atoms with Gasteiger partial charge in [0.2, 0.25) is 0 Å². The number of nitrogens with two attached hydrogens (primary N) is 1. The minimum atomic E-state index is -0.603. The number of carbonyl (C=O) groups is 1. The van der Waals surface area contributed by atoms with E-state index >= 15 is 4.39 Å². The highest BCUT2D eigenvalue weighted by Gasteiger charge is 2.31. The third-order valence-electron chi connectivity index (χ3n) is 6.40. The summed E-state index contributed by atoms with van der Waals surface area (Å²) in [5, 5.41) is 7.57. The van der Waals surface area contributed by atoms with Gasteiger partial charge in [0.25, 0.3) is 5.91 Å². The number of nitrogens with one attached hydrogen (secondary N) is 1. The highest BCUT2D eigenvalue weighted by Crippen LogP contribution is 2.40. The first kappa shape index (κ1) is 23.6. The highest BCUT2D eigenvalue weighted by molar-refractivity contribution is 6.09. The van der Waals surface area contributed by atoms with Crippen molar-refractivity contribution >= 4 is 28.2 Å². The molecule has 9 nitrogen and oxygen atoms in total. The molecule has 1 amide bonds. The van der Waals surface area contributed by atoms with Crippen molar-refractivity contribution in [3.05, 3.63) is 60.1 Å². The first-order valence-corrected chi connectivity index (χ1v) is 11.4. The lowest BCUT2D eigenvalue weighted by Gasteiger charge is -2.27. The smallest absolute Gasteiger partial charge is 0.274 e. The van der Waals surface area contributed by atoms with E-state index in [4.69, 9.17) is 10.5 Å². The fourth-order valence-corrected chi connectivity index (χ4v) is 4.77. The van der Waals surface area contributed by atoms with Crippen LogP contribution in [0.4, 0.5) is 20.2 Å². The van der Waals surface area contributed by atoms with Gasteiger partial charge in [-0.2, -0.15) is 5.10 Å².